The molecule has 0 saturated heterocycles. The smallest absolute Gasteiger partial charge is 0.176 e. The van der Waals surface area contributed by atoms with Crippen molar-refractivity contribution >= 4 is 24.2 Å². The summed E-state index contributed by atoms with van der Waals surface area (Å²) in [7, 11) is 0. The molecule has 3 atom stereocenters. The van der Waals surface area contributed by atoms with Gasteiger partial charge in [0.2, 0.25) is 0 Å². The fraction of sp³-hybridized carbons (Fsp3) is 0.750. The molecule has 3 aliphatic carbocycles. The van der Waals surface area contributed by atoms with Gasteiger partial charge >= 0.3 is 0 Å². The first kappa shape index (κ1) is 28.3. The van der Waals surface area contributed by atoms with E-state index < -0.39 is 5.41 Å². The molecule has 0 radical (unpaired) electrons. The molecular weight excluding hydrogens is 448 g/mol. The van der Waals surface area contributed by atoms with Gasteiger partial charge < -0.3 is 0 Å². The number of carbonyl (C=O) groups excluding carboxylic acids is 2. The standard InChI is InChI=1S/C32H48O2S/c1-10-23-21-31(9)25(29(6,7)27(23)34)13-15-30(8,26(31)14-20-35)24-11-16-32(17-12-24,22(2)33)19-18-28(3,4)5/h1,14,21,24-25,35H,11-13,15-20H2,2-9H3/b26-14+. The summed E-state index contributed by atoms with van der Waals surface area (Å²) in [5, 5.41) is 0. The predicted molar refractivity (Wildman–Crippen MR) is 150 cm³/mol. The zero-order valence-electron chi connectivity index (χ0n) is 23.5. The van der Waals surface area contributed by atoms with Gasteiger partial charge in [0.05, 0.1) is 5.57 Å². The minimum Gasteiger partial charge on any atom is -0.299 e. The highest BCUT2D eigenvalue weighted by atomic mass is 32.1. The average Bonchev–Trinajstić information content (AvgIpc) is 2.77. The van der Waals surface area contributed by atoms with Gasteiger partial charge in [-0.2, -0.15) is 12.6 Å². The van der Waals surface area contributed by atoms with Crippen molar-refractivity contribution in [2.45, 2.75) is 107 Å². The van der Waals surface area contributed by atoms with Gasteiger partial charge in [-0.3, -0.25) is 9.59 Å². The topological polar surface area (TPSA) is 34.1 Å². The van der Waals surface area contributed by atoms with E-state index in [1.165, 1.54) is 5.57 Å². The summed E-state index contributed by atoms with van der Waals surface area (Å²) in [6.07, 6.45) is 18.6. The molecule has 0 amide bonds. The zero-order chi connectivity index (χ0) is 26.4. The van der Waals surface area contributed by atoms with E-state index in [1.54, 1.807) is 0 Å². The Labute approximate surface area is 220 Å². The van der Waals surface area contributed by atoms with Crippen molar-refractivity contribution in [2.24, 2.45) is 38.9 Å². The van der Waals surface area contributed by atoms with Gasteiger partial charge in [-0.1, -0.05) is 72.1 Å². The zero-order valence-corrected chi connectivity index (χ0v) is 24.4. The summed E-state index contributed by atoms with van der Waals surface area (Å²) in [6, 6.07) is 0. The molecule has 2 saturated carbocycles. The highest BCUT2D eigenvalue weighted by Gasteiger charge is 2.59. The van der Waals surface area contributed by atoms with E-state index in [4.69, 9.17) is 6.42 Å². The molecule has 0 aromatic rings. The van der Waals surface area contributed by atoms with Crippen LogP contribution in [0.4, 0.5) is 0 Å². The lowest BCUT2D eigenvalue weighted by Gasteiger charge is -2.60. The Morgan fingerprint density at radius 1 is 1.14 bits per heavy atom. The van der Waals surface area contributed by atoms with Crippen LogP contribution in [0, 0.1) is 51.3 Å². The summed E-state index contributed by atoms with van der Waals surface area (Å²) >= 11 is 4.63. The van der Waals surface area contributed by atoms with Gasteiger partial charge in [0.25, 0.3) is 0 Å². The van der Waals surface area contributed by atoms with Crippen LogP contribution in [0.2, 0.25) is 0 Å². The first-order valence-electron chi connectivity index (χ1n) is 13.6. The molecule has 0 N–H and O–H groups in total. The highest BCUT2D eigenvalue weighted by Crippen LogP contribution is 2.66. The van der Waals surface area contributed by atoms with Gasteiger partial charge in [0.1, 0.15) is 5.78 Å². The van der Waals surface area contributed by atoms with Crippen LogP contribution in [0.15, 0.2) is 23.3 Å². The largest absolute Gasteiger partial charge is 0.299 e. The average molecular weight is 497 g/mol. The third kappa shape index (κ3) is 4.86. The number of fused-ring (bicyclic) bond motifs is 1. The van der Waals surface area contributed by atoms with E-state index in [-0.39, 0.29) is 33.4 Å². The summed E-state index contributed by atoms with van der Waals surface area (Å²) < 4.78 is 0. The van der Waals surface area contributed by atoms with Crippen LogP contribution in [-0.4, -0.2) is 17.3 Å². The maximum Gasteiger partial charge on any atom is 0.176 e. The fourth-order valence-corrected chi connectivity index (χ4v) is 8.30. The van der Waals surface area contributed by atoms with E-state index in [9.17, 15) is 9.59 Å². The van der Waals surface area contributed by atoms with Crippen LogP contribution in [0.1, 0.15) is 107 Å². The number of rotatable bonds is 5. The summed E-state index contributed by atoms with van der Waals surface area (Å²) in [5.41, 5.74) is 1.32. The van der Waals surface area contributed by atoms with Crippen molar-refractivity contribution in [3.8, 4) is 12.3 Å². The van der Waals surface area contributed by atoms with Crippen molar-refractivity contribution < 1.29 is 9.59 Å². The molecule has 0 spiro atoms. The first-order chi connectivity index (χ1) is 16.1. The van der Waals surface area contributed by atoms with E-state index >= 15 is 0 Å². The Morgan fingerprint density at radius 2 is 1.74 bits per heavy atom. The van der Waals surface area contributed by atoms with Crippen LogP contribution >= 0.6 is 12.6 Å². The molecule has 0 heterocycles. The van der Waals surface area contributed by atoms with Crippen molar-refractivity contribution in [2.75, 3.05) is 5.75 Å². The number of hydrogen-bond donors (Lipinski definition) is 1. The Bertz CT molecular complexity index is 961. The van der Waals surface area contributed by atoms with Crippen molar-refractivity contribution in [3.63, 3.8) is 0 Å². The summed E-state index contributed by atoms with van der Waals surface area (Å²) in [5.74, 6) is 4.63. The van der Waals surface area contributed by atoms with Crippen molar-refractivity contribution in [3.05, 3.63) is 23.3 Å². The fourth-order valence-electron chi connectivity index (χ4n) is 8.12. The second kappa shape index (κ2) is 9.55. The second-order valence-electron chi connectivity index (χ2n) is 14.0. The number of allylic oxidation sites excluding steroid dienone is 3. The lowest BCUT2D eigenvalue weighted by atomic mass is 9.43. The molecule has 3 aliphatic rings. The Kier molecular flexibility index (Phi) is 7.73. The van der Waals surface area contributed by atoms with Crippen LogP contribution < -0.4 is 0 Å². The molecule has 0 aromatic heterocycles. The maximum absolute atomic E-state index is 13.2. The molecule has 0 bridgehead atoms. The second-order valence-corrected chi connectivity index (χ2v) is 14.4. The molecule has 2 fully saturated rings. The monoisotopic (exact) mass is 496 g/mol. The van der Waals surface area contributed by atoms with Crippen LogP contribution in [0.3, 0.4) is 0 Å². The van der Waals surface area contributed by atoms with Crippen molar-refractivity contribution in [1.29, 1.82) is 0 Å². The SMILES string of the molecule is C#CC1=CC2(C)/C(=C/CS)C(C)(C3CCC(CCC(C)(C)C)(C(C)=O)CC3)CCC2C(C)(C)C1=O. The molecule has 3 unspecified atom stereocenters. The Morgan fingerprint density at radius 3 is 2.23 bits per heavy atom. The number of carbonyl (C=O) groups is 2. The Hall–Kier alpha value is -1.27. The first-order valence-corrected chi connectivity index (χ1v) is 14.3. The summed E-state index contributed by atoms with van der Waals surface area (Å²) in [4.78, 5) is 26.1. The molecule has 0 aliphatic heterocycles. The lowest BCUT2D eigenvalue weighted by Crippen LogP contribution is -2.54. The van der Waals surface area contributed by atoms with Gasteiger partial charge in [-0.05, 0) is 81.0 Å². The van der Waals surface area contributed by atoms with Gasteiger partial charge in [-0.25, -0.2) is 0 Å². The Balaban J connectivity index is 1.96. The van der Waals surface area contributed by atoms with Gasteiger partial charge in [0, 0.05) is 22.0 Å². The molecule has 2 nitrogen and oxygen atoms in total. The number of thiol groups is 1. The molecule has 194 valence electrons. The van der Waals surface area contributed by atoms with Gasteiger partial charge in [-0.15, -0.1) is 6.42 Å². The maximum atomic E-state index is 13.2. The van der Waals surface area contributed by atoms with E-state index in [1.807, 2.05) is 6.92 Å². The third-order valence-corrected chi connectivity index (χ3v) is 10.6. The minimum absolute atomic E-state index is 0.0215. The van der Waals surface area contributed by atoms with Gasteiger partial charge in [0.15, 0.2) is 5.78 Å². The molecule has 35 heavy (non-hydrogen) atoms. The van der Waals surface area contributed by atoms with Crippen LogP contribution in [0.5, 0.6) is 0 Å². The number of Topliss-reactive ketones (excluding diaryl/α,β-unsaturated/α-hetero) is 2. The van der Waals surface area contributed by atoms with Crippen molar-refractivity contribution in [1.82, 2.24) is 0 Å². The van der Waals surface area contributed by atoms with Crippen LogP contribution in [-0.2, 0) is 9.59 Å². The molecular formula is C32H48O2S. The number of hydrogen-bond acceptors (Lipinski definition) is 3. The predicted octanol–water partition coefficient (Wildman–Crippen LogP) is 8.03. The molecule has 3 rings (SSSR count). The van der Waals surface area contributed by atoms with E-state index in [2.05, 4.69) is 79.2 Å². The molecule has 3 heteroatoms. The third-order valence-electron chi connectivity index (χ3n) is 10.4. The normalized spacial score (nSPS) is 38.5. The lowest BCUT2D eigenvalue weighted by molar-refractivity contribution is -0.132. The molecule has 0 aromatic carbocycles. The van der Waals surface area contributed by atoms with E-state index in [0.29, 0.717) is 23.0 Å². The number of ketones is 2. The quantitative estimate of drug-likeness (QED) is 0.237. The minimum atomic E-state index is -0.481. The summed E-state index contributed by atoms with van der Waals surface area (Å²) in [6.45, 7) is 17.6. The van der Waals surface area contributed by atoms with Crippen LogP contribution in [0.25, 0.3) is 0 Å². The number of terminal acetylenes is 1. The highest BCUT2D eigenvalue weighted by molar-refractivity contribution is 7.80. The van der Waals surface area contributed by atoms with E-state index in [0.717, 1.165) is 51.4 Å².